The fourth-order valence-electron chi connectivity index (χ4n) is 1.66. The summed E-state index contributed by atoms with van der Waals surface area (Å²) in [5.74, 6) is -0.194. The Morgan fingerprint density at radius 3 is 2.60 bits per heavy atom. The Bertz CT molecular complexity index is 664. The summed E-state index contributed by atoms with van der Waals surface area (Å²) in [5.41, 5.74) is -0.302. The van der Waals surface area contributed by atoms with Crippen molar-refractivity contribution in [2.75, 3.05) is 14.1 Å². The number of fused-ring (bicyclic) bond motifs is 1. The SMILES string of the molecule is CN(C)C(=O)Cc1cn2cc(C(F)(F)F)cc(Cl)c2n1. The smallest absolute Gasteiger partial charge is 0.348 e. The molecular weight excluding hydrogens is 295 g/mol. The lowest BCUT2D eigenvalue weighted by molar-refractivity contribution is -0.137. The van der Waals surface area contributed by atoms with Crippen molar-refractivity contribution in [2.45, 2.75) is 12.6 Å². The average Bonchev–Trinajstić information content (AvgIpc) is 2.70. The monoisotopic (exact) mass is 305 g/mol. The number of carbonyl (C=O) groups is 1. The van der Waals surface area contributed by atoms with Crippen molar-refractivity contribution >= 4 is 23.2 Å². The number of halogens is 4. The Morgan fingerprint density at radius 1 is 1.40 bits per heavy atom. The molecule has 0 fully saturated rings. The van der Waals surface area contributed by atoms with Gasteiger partial charge in [0, 0.05) is 26.5 Å². The Hall–Kier alpha value is -1.76. The van der Waals surface area contributed by atoms with Gasteiger partial charge in [0.15, 0.2) is 5.65 Å². The zero-order chi connectivity index (χ0) is 15.1. The van der Waals surface area contributed by atoms with Crippen LogP contribution in [0.15, 0.2) is 18.5 Å². The maximum absolute atomic E-state index is 12.7. The Balaban J connectivity index is 2.44. The zero-order valence-electron chi connectivity index (χ0n) is 10.7. The molecule has 8 heteroatoms. The van der Waals surface area contributed by atoms with E-state index in [4.69, 9.17) is 11.6 Å². The number of likely N-dealkylation sites (N-methyl/N-ethyl adjacent to an activating group) is 1. The lowest BCUT2D eigenvalue weighted by Crippen LogP contribution is -2.23. The van der Waals surface area contributed by atoms with E-state index in [2.05, 4.69) is 4.98 Å². The highest BCUT2D eigenvalue weighted by Gasteiger charge is 2.31. The largest absolute Gasteiger partial charge is 0.417 e. The molecule has 0 bridgehead atoms. The topological polar surface area (TPSA) is 37.6 Å². The molecule has 0 aliphatic rings. The highest BCUT2D eigenvalue weighted by Crippen LogP contribution is 2.32. The molecule has 0 radical (unpaired) electrons. The van der Waals surface area contributed by atoms with Crippen molar-refractivity contribution in [1.29, 1.82) is 0 Å². The predicted octanol–water partition coefficient (Wildman–Crippen LogP) is 2.64. The van der Waals surface area contributed by atoms with E-state index in [0.29, 0.717) is 5.69 Å². The predicted molar refractivity (Wildman–Crippen MR) is 67.6 cm³/mol. The third kappa shape index (κ3) is 2.87. The fourth-order valence-corrected chi connectivity index (χ4v) is 1.92. The summed E-state index contributed by atoms with van der Waals surface area (Å²) in [5, 5.41) is -0.108. The molecule has 0 aliphatic heterocycles. The first-order valence-electron chi connectivity index (χ1n) is 5.63. The highest BCUT2D eigenvalue weighted by molar-refractivity contribution is 6.33. The second-order valence-corrected chi connectivity index (χ2v) is 4.91. The molecule has 20 heavy (non-hydrogen) atoms. The Morgan fingerprint density at radius 2 is 2.05 bits per heavy atom. The van der Waals surface area contributed by atoms with E-state index in [1.807, 2.05) is 0 Å². The molecule has 2 rings (SSSR count). The second-order valence-electron chi connectivity index (χ2n) is 4.50. The van der Waals surface area contributed by atoms with Crippen LogP contribution in [0.5, 0.6) is 0 Å². The van der Waals surface area contributed by atoms with Gasteiger partial charge in [-0.15, -0.1) is 0 Å². The van der Waals surface area contributed by atoms with Crippen LogP contribution in [0.4, 0.5) is 13.2 Å². The molecule has 0 atom stereocenters. The minimum Gasteiger partial charge on any atom is -0.348 e. The molecule has 108 valence electrons. The van der Waals surface area contributed by atoms with Gasteiger partial charge in [-0.25, -0.2) is 4.98 Å². The molecule has 1 amide bonds. The summed E-state index contributed by atoms with van der Waals surface area (Å²) in [6.07, 6.45) is -2.20. The first-order chi connectivity index (χ1) is 9.18. The number of imidazole rings is 1. The molecule has 0 aromatic carbocycles. The van der Waals surface area contributed by atoms with Gasteiger partial charge in [0.2, 0.25) is 5.91 Å². The second kappa shape index (κ2) is 4.97. The number of nitrogens with zero attached hydrogens (tertiary/aromatic N) is 3. The van der Waals surface area contributed by atoms with Crippen LogP contribution in [-0.2, 0) is 17.4 Å². The summed E-state index contributed by atoms with van der Waals surface area (Å²) < 4.78 is 39.2. The van der Waals surface area contributed by atoms with Crippen LogP contribution in [0.25, 0.3) is 5.65 Å². The lowest BCUT2D eigenvalue weighted by Gasteiger charge is -2.07. The average molecular weight is 306 g/mol. The van der Waals surface area contributed by atoms with Crippen molar-refractivity contribution in [3.8, 4) is 0 Å². The van der Waals surface area contributed by atoms with Crippen LogP contribution < -0.4 is 0 Å². The van der Waals surface area contributed by atoms with Gasteiger partial charge in [-0.3, -0.25) is 4.79 Å². The van der Waals surface area contributed by atoms with Crippen LogP contribution in [0, 0.1) is 0 Å². The molecule has 4 nitrogen and oxygen atoms in total. The van der Waals surface area contributed by atoms with Crippen molar-refractivity contribution in [1.82, 2.24) is 14.3 Å². The molecule has 2 aromatic heterocycles. The molecule has 2 aromatic rings. The number of hydrogen-bond acceptors (Lipinski definition) is 2. The number of aromatic nitrogens is 2. The van der Waals surface area contributed by atoms with E-state index < -0.39 is 11.7 Å². The number of amides is 1. The standard InChI is InChI=1S/C12H11ClF3N3O/c1-18(2)10(20)4-8-6-19-5-7(12(14,15)16)3-9(13)11(19)17-8/h3,5-6H,4H2,1-2H3. The molecule has 0 N–H and O–H groups in total. The van der Waals surface area contributed by atoms with Gasteiger partial charge in [-0.2, -0.15) is 13.2 Å². The number of carbonyl (C=O) groups excluding carboxylic acids is 1. The Kier molecular flexibility index (Phi) is 3.64. The van der Waals surface area contributed by atoms with Crippen LogP contribution in [0.2, 0.25) is 5.02 Å². The van der Waals surface area contributed by atoms with Crippen LogP contribution in [0.3, 0.4) is 0 Å². The Labute approximate surface area is 117 Å². The highest BCUT2D eigenvalue weighted by atomic mass is 35.5. The molecule has 0 unspecified atom stereocenters. The van der Waals surface area contributed by atoms with Crippen molar-refractivity contribution in [3.05, 3.63) is 34.7 Å². The van der Waals surface area contributed by atoms with Gasteiger partial charge in [-0.05, 0) is 6.07 Å². The molecule has 0 saturated heterocycles. The number of pyridine rings is 1. The van der Waals surface area contributed by atoms with E-state index in [0.717, 1.165) is 12.3 Å². The maximum Gasteiger partial charge on any atom is 0.417 e. The lowest BCUT2D eigenvalue weighted by atomic mass is 10.3. The molecule has 2 heterocycles. The van der Waals surface area contributed by atoms with E-state index in [-0.39, 0.29) is 23.0 Å². The number of rotatable bonds is 2. The number of alkyl halides is 3. The minimum atomic E-state index is -4.48. The van der Waals surface area contributed by atoms with Crippen molar-refractivity contribution in [2.24, 2.45) is 0 Å². The van der Waals surface area contributed by atoms with Gasteiger partial charge in [-0.1, -0.05) is 11.6 Å². The number of hydrogen-bond donors (Lipinski definition) is 0. The third-order valence-corrected chi connectivity index (χ3v) is 2.99. The van der Waals surface area contributed by atoms with Crippen LogP contribution in [-0.4, -0.2) is 34.3 Å². The van der Waals surface area contributed by atoms with Gasteiger partial charge in [0.1, 0.15) is 0 Å². The van der Waals surface area contributed by atoms with Gasteiger partial charge < -0.3 is 9.30 Å². The summed E-state index contributed by atoms with van der Waals surface area (Å²) in [4.78, 5) is 17.0. The van der Waals surface area contributed by atoms with Crippen LogP contribution in [0.1, 0.15) is 11.3 Å². The molecule has 0 aliphatic carbocycles. The van der Waals surface area contributed by atoms with E-state index in [9.17, 15) is 18.0 Å². The van der Waals surface area contributed by atoms with E-state index in [1.54, 1.807) is 14.1 Å². The first kappa shape index (κ1) is 14.6. The van der Waals surface area contributed by atoms with Gasteiger partial charge in [0.05, 0.1) is 22.7 Å². The van der Waals surface area contributed by atoms with Gasteiger partial charge in [0.25, 0.3) is 0 Å². The molecule has 0 saturated carbocycles. The summed E-state index contributed by atoms with van der Waals surface area (Å²) in [6.45, 7) is 0. The van der Waals surface area contributed by atoms with Crippen LogP contribution >= 0.6 is 11.6 Å². The summed E-state index contributed by atoms with van der Waals surface area (Å²) in [7, 11) is 3.18. The van der Waals surface area contributed by atoms with E-state index >= 15 is 0 Å². The molecular formula is C12H11ClF3N3O. The minimum absolute atomic E-state index is 0.00631. The third-order valence-electron chi connectivity index (χ3n) is 2.71. The van der Waals surface area contributed by atoms with Gasteiger partial charge >= 0.3 is 6.18 Å². The van der Waals surface area contributed by atoms with E-state index in [1.165, 1.54) is 15.5 Å². The molecule has 0 spiro atoms. The zero-order valence-corrected chi connectivity index (χ0v) is 11.5. The van der Waals surface area contributed by atoms with Crippen molar-refractivity contribution in [3.63, 3.8) is 0 Å². The van der Waals surface area contributed by atoms with Crippen molar-refractivity contribution < 1.29 is 18.0 Å². The first-order valence-corrected chi connectivity index (χ1v) is 6.01. The maximum atomic E-state index is 12.7. The quantitative estimate of drug-likeness (QED) is 0.855. The fraction of sp³-hybridized carbons (Fsp3) is 0.333. The summed E-state index contributed by atoms with van der Waals surface area (Å²) >= 11 is 5.80. The normalized spacial score (nSPS) is 11.9. The summed E-state index contributed by atoms with van der Waals surface area (Å²) in [6, 6.07) is 0.821.